The van der Waals surface area contributed by atoms with Crippen LogP contribution in [-0.4, -0.2) is 30.3 Å². The van der Waals surface area contributed by atoms with Crippen LogP contribution in [0, 0.1) is 0 Å². The summed E-state index contributed by atoms with van der Waals surface area (Å²) in [7, 11) is 0. The maximum absolute atomic E-state index is 13.6. The van der Waals surface area contributed by atoms with Crippen molar-refractivity contribution in [2.75, 3.05) is 11.4 Å². The minimum absolute atomic E-state index is 0.132. The first-order valence-electron chi connectivity index (χ1n) is 11.6. The molecular formula is C26H29N3O3S2. The molecule has 34 heavy (non-hydrogen) atoms. The Morgan fingerprint density at radius 2 is 1.71 bits per heavy atom. The maximum atomic E-state index is 13.6. The smallest absolute Gasteiger partial charge is 0.261 e. The fourth-order valence-electron chi connectivity index (χ4n) is 4.24. The molecule has 6 nitrogen and oxygen atoms in total. The van der Waals surface area contributed by atoms with Crippen LogP contribution >= 0.6 is 22.7 Å². The summed E-state index contributed by atoms with van der Waals surface area (Å²) < 4.78 is 0. The Balaban J connectivity index is 1.63. The lowest BCUT2D eigenvalue weighted by atomic mass is 10.1. The van der Waals surface area contributed by atoms with Gasteiger partial charge in [0.05, 0.1) is 11.4 Å². The molecule has 0 aliphatic heterocycles. The normalized spacial score (nSPS) is 14.5. The molecule has 0 saturated heterocycles. The Kier molecular flexibility index (Phi) is 8.13. The van der Waals surface area contributed by atoms with Gasteiger partial charge in [-0.15, -0.1) is 22.7 Å². The van der Waals surface area contributed by atoms with Gasteiger partial charge in [-0.25, -0.2) is 0 Å². The van der Waals surface area contributed by atoms with Gasteiger partial charge in [-0.3, -0.25) is 19.3 Å². The van der Waals surface area contributed by atoms with Crippen molar-refractivity contribution in [3.05, 3.63) is 74.6 Å². The fraction of sp³-hybridized carbons (Fsp3) is 0.346. The van der Waals surface area contributed by atoms with Crippen LogP contribution in [0.5, 0.6) is 0 Å². The van der Waals surface area contributed by atoms with E-state index in [1.165, 1.54) is 27.6 Å². The molecular weight excluding hydrogens is 466 g/mol. The van der Waals surface area contributed by atoms with Gasteiger partial charge in [-0.05, 0) is 59.9 Å². The minimum atomic E-state index is -0.806. The number of carbonyl (C=O) groups excluding carboxylic acids is 3. The Morgan fingerprint density at radius 3 is 2.32 bits per heavy atom. The van der Waals surface area contributed by atoms with Gasteiger partial charge in [0, 0.05) is 16.6 Å². The molecule has 3 amide bonds. The largest absolute Gasteiger partial charge is 0.351 e. The van der Waals surface area contributed by atoms with Crippen molar-refractivity contribution in [2.45, 2.75) is 51.1 Å². The predicted octanol–water partition coefficient (Wildman–Crippen LogP) is 4.94. The van der Waals surface area contributed by atoms with Gasteiger partial charge < -0.3 is 10.6 Å². The molecule has 2 aromatic heterocycles. The number of thiophene rings is 2. The van der Waals surface area contributed by atoms with E-state index in [0.29, 0.717) is 10.6 Å². The molecule has 2 N–H and O–H groups in total. The van der Waals surface area contributed by atoms with Crippen LogP contribution in [-0.2, 0) is 16.0 Å². The highest BCUT2D eigenvalue weighted by Gasteiger charge is 2.35. The molecule has 1 aliphatic rings. The number of hydrogen-bond donors (Lipinski definition) is 2. The summed E-state index contributed by atoms with van der Waals surface area (Å²) in [6, 6.07) is 14.3. The van der Waals surface area contributed by atoms with E-state index in [1.54, 1.807) is 12.1 Å². The second-order valence-corrected chi connectivity index (χ2v) is 10.3. The lowest BCUT2D eigenvalue weighted by Gasteiger charge is -2.31. The van der Waals surface area contributed by atoms with Gasteiger partial charge in [0.1, 0.15) is 6.04 Å². The van der Waals surface area contributed by atoms with E-state index in [9.17, 15) is 14.4 Å². The zero-order valence-corrected chi connectivity index (χ0v) is 20.8. The molecule has 8 heteroatoms. The average Bonchev–Trinajstić information content (AvgIpc) is 3.64. The summed E-state index contributed by atoms with van der Waals surface area (Å²) in [5.41, 5.74) is 1.78. The molecule has 3 aromatic rings. The Bertz CT molecular complexity index is 1090. The number of carbonyl (C=O) groups is 3. The molecule has 0 bridgehead atoms. The molecule has 1 saturated carbocycles. The fourth-order valence-corrected chi connectivity index (χ4v) is 5.69. The molecule has 4 rings (SSSR count). The molecule has 1 aliphatic carbocycles. The Hall–Kier alpha value is -2.97. The lowest BCUT2D eigenvalue weighted by Crippen LogP contribution is -2.48. The lowest BCUT2D eigenvalue weighted by molar-refractivity contribution is -0.126. The number of nitrogens with zero attached hydrogens (tertiary/aromatic N) is 1. The third kappa shape index (κ3) is 5.74. The standard InChI is InChI=1S/C26H29N3O3S2/c1-2-18-11-13-20(14-12-18)29(23(30)17-27-25(31)22-10-6-16-34-22)24(21-9-5-15-33-21)26(32)28-19-7-3-4-8-19/h5-6,9-16,19,24H,2-4,7-8,17H2,1H3,(H,27,31)(H,28,32). The van der Waals surface area contributed by atoms with Crippen molar-refractivity contribution in [1.29, 1.82) is 0 Å². The first-order valence-corrected chi connectivity index (χ1v) is 13.4. The van der Waals surface area contributed by atoms with Gasteiger partial charge in [-0.2, -0.15) is 0 Å². The SMILES string of the molecule is CCc1ccc(N(C(=O)CNC(=O)c2cccs2)C(C(=O)NC2CCCC2)c2cccs2)cc1. The van der Waals surface area contributed by atoms with Gasteiger partial charge in [0.15, 0.2) is 0 Å². The number of nitrogens with one attached hydrogen (secondary N) is 2. The van der Waals surface area contributed by atoms with Crippen LogP contribution in [0.25, 0.3) is 0 Å². The number of anilines is 1. The molecule has 1 atom stereocenters. The van der Waals surface area contributed by atoms with Crippen molar-refractivity contribution in [3.63, 3.8) is 0 Å². The predicted molar refractivity (Wildman–Crippen MR) is 137 cm³/mol. The molecule has 0 spiro atoms. The first kappa shape index (κ1) is 24.2. The van der Waals surface area contributed by atoms with Gasteiger partial charge >= 0.3 is 0 Å². The molecule has 1 aromatic carbocycles. The summed E-state index contributed by atoms with van der Waals surface area (Å²) in [5, 5.41) is 9.62. The summed E-state index contributed by atoms with van der Waals surface area (Å²) in [5.74, 6) is -0.825. The highest BCUT2D eigenvalue weighted by Crippen LogP contribution is 2.32. The number of rotatable bonds is 9. The number of benzene rings is 1. The highest BCUT2D eigenvalue weighted by atomic mass is 32.1. The topological polar surface area (TPSA) is 78.5 Å². The molecule has 2 heterocycles. The van der Waals surface area contributed by atoms with Crippen LogP contribution in [0.4, 0.5) is 5.69 Å². The molecule has 1 unspecified atom stereocenters. The first-order chi connectivity index (χ1) is 16.6. The highest BCUT2D eigenvalue weighted by molar-refractivity contribution is 7.12. The second-order valence-electron chi connectivity index (χ2n) is 8.35. The zero-order valence-electron chi connectivity index (χ0n) is 19.2. The van der Waals surface area contributed by atoms with Crippen molar-refractivity contribution >= 4 is 46.1 Å². The van der Waals surface area contributed by atoms with E-state index in [4.69, 9.17) is 0 Å². The average molecular weight is 496 g/mol. The molecule has 0 radical (unpaired) electrons. The minimum Gasteiger partial charge on any atom is -0.351 e. The monoisotopic (exact) mass is 495 g/mol. The summed E-state index contributed by atoms with van der Waals surface area (Å²) in [6.07, 6.45) is 4.99. The summed E-state index contributed by atoms with van der Waals surface area (Å²) in [6.45, 7) is 1.87. The summed E-state index contributed by atoms with van der Waals surface area (Å²) in [4.78, 5) is 42.5. The van der Waals surface area contributed by atoms with Gasteiger partial charge in [0.2, 0.25) is 11.8 Å². The second kappa shape index (κ2) is 11.4. The van der Waals surface area contributed by atoms with Crippen LogP contribution in [0.15, 0.2) is 59.3 Å². The quantitative estimate of drug-likeness (QED) is 0.442. The van der Waals surface area contributed by atoms with E-state index < -0.39 is 6.04 Å². The van der Waals surface area contributed by atoms with Crippen molar-refractivity contribution in [3.8, 4) is 0 Å². The zero-order chi connectivity index (χ0) is 23.9. The molecule has 1 fully saturated rings. The van der Waals surface area contributed by atoms with E-state index in [-0.39, 0.29) is 30.3 Å². The Labute approximate surface area is 208 Å². The van der Waals surface area contributed by atoms with Crippen LogP contribution in [0.1, 0.15) is 58.8 Å². The van der Waals surface area contributed by atoms with Crippen LogP contribution in [0.3, 0.4) is 0 Å². The number of amides is 3. The van der Waals surface area contributed by atoms with Crippen molar-refractivity contribution < 1.29 is 14.4 Å². The van der Waals surface area contributed by atoms with Crippen LogP contribution in [0.2, 0.25) is 0 Å². The summed E-state index contributed by atoms with van der Waals surface area (Å²) >= 11 is 2.77. The van der Waals surface area contributed by atoms with Crippen LogP contribution < -0.4 is 15.5 Å². The number of aryl methyl sites for hydroxylation is 1. The Morgan fingerprint density at radius 1 is 1.00 bits per heavy atom. The van der Waals surface area contributed by atoms with E-state index in [2.05, 4.69) is 17.6 Å². The number of hydrogen-bond acceptors (Lipinski definition) is 5. The van der Waals surface area contributed by atoms with Gasteiger partial charge in [-0.1, -0.05) is 44.0 Å². The maximum Gasteiger partial charge on any atom is 0.261 e. The van der Waals surface area contributed by atoms with Crippen molar-refractivity contribution in [2.24, 2.45) is 0 Å². The van der Waals surface area contributed by atoms with E-state index in [0.717, 1.165) is 42.5 Å². The van der Waals surface area contributed by atoms with E-state index >= 15 is 0 Å². The van der Waals surface area contributed by atoms with E-state index in [1.807, 2.05) is 47.2 Å². The third-order valence-electron chi connectivity index (χ3n) is 6.06. The molecule has 178 valence electrons. The van der Waals surface area contributed by atoms with Gasteiger partial charge in [0.25, 0.3) is 5.91 Å². The third-order valence-corrected chi connectivity index (χ3v) is 7.85. The van der Waals surface area contributed by atoms with Crippen molar-refractivity contribution in [1.82, 2.24) is 10.6 Å².